The van der Waals surface area contributed by atoms with Crippen molar-refractivity contribution < 1.29 is 14.0 Å². The first kappa shape index (κ1) is 23.7. The van der Waals surface area contributed by atoms with Crippen molar-refractivity contribution in [2.75, 3.05) is 17.2 Å². The number of carbonyl (C=O) groups excluding carboxylic acids is 2. The molecule has 174 valence electrons. The van der Waals surface area contributed by atoms with Crippen molar-refractivity contribution in [2.24, 2.45) is 5.73 Å². The Hall–Kier alpha value is -3.46. The zero-order valence-corrected chi connectivity index (χ0v) is 19.3. The Balaban J connectivity index is 1.58. The number of aromatic nitrogens is 2. The first-order valence-corrected chi connectivity index (χ1v) is 11.1. The molecule has 7 nitrogen and oxygen atoms in total. The molecule has 1 aromatic heterocycles. The van der Waals surface area contributed by atoms with Crippen LogP contribution in [0.3, 0.4) is 0 Å². The van der Waals surface area contributed by atoms with Crippen molar-refractivity contribution in [2.45, 2.75) is 12.3 Å². The summed E-state index contributed by atoms with van der Waals surface area (Å²) < 4.78 is 14.6. The maximum absolute atomic E-state index is 14.6. The van der Waals surface area contributed by atoms with E-state index in [1.54, 1.807) is 48.5 Å². The van der Waals surface area contributed by atoms with E-state index in [2.05, 4.69) is 20.8 Å². The predicted octanol–water partition coefficient (Wildman–Crippen LogP) is 5.33. The standard InChI is InChI=1S/C24H20Cl2FN5O2/c25-14-4-1-3-13(11-14)23(33)30-22-18-12-15(7-8-20(18)31-32-22)29-24(34)17(9-10-28)16-5-2-6-19(26)21(16)27/h1-8,11-12,17H,9-10,28H2,(H,29,34)(H2,30,31,32,33). The van der Waals surface area contributed by atoms with Gasteiger partial charge < -0.3 is 16.4 Å². The summed E-state index contributed by atoms with van der Waals surface area (Å²) in [4.78, 5) is 25.6. The average molecular weight is 500 g/mol. The molecule has 0 aliphatic heterocycles. The summed E-state index contributed by atoms with van der Waals surface area (Å²) in [6.45, 7) is 0.185. The molecule has 4 aromatic rings. The summed E-state index contributed by atoms with van der Waals surface area (Å²) in [5.74, 6) is -2.00. The van der Waals surface area contributed by atoms with Crippen molar-refractivity contribution in [1.82, 2.24) is 10.2 Å². The van der Waals surface area contributed by atoms with Crippen LogP contribution in [0.15, 0.2) is 60.7 Å². The van der Waals surface area contributed by atoms with E-state index in [-0.39, 0.29) is 35.3 Å². The van der Waals surface area contributed by atoms with Crippen LogP contribution in [0.1, 0.15) is 28.3 Å². The number of amides is 2. The number of hydrogen-bond donors (Lipinski definition) is 4. The quantitative estimate of drug-likeness (QED) is 0.275. The van der Waals surface area contributed by atoms with E-state index in [0.29, 0.717) is 27.2 Å². The number of rotatable bonds is 7. The summed E-state index contributed by atoms with van der Waals surface area (Å²) in [6, 6.07) is 16.1. The first-order chi connectivity index (χ1) is 16.4. The number of anilines is 2. The summed E-state index contributed by atoms with van der Waals surface area (Å²) in [6.07, 6.45) is 0.234. The normalized spacial score (nSPS) is 11.9. The number of nitrogens with one attached hydrogen (secondary N) is 3. The third kappa shape index (κ3) is 5.04. The molecule has 1 atom stereocenters. The number of H-pyrrole nitrogens is 1. The topological polar surface area (TPSA) is 113 Å². The number of hydrogen-bond acceptors (Lipinski definition) is 4. The maximum Gasteiger partial charge on any atom is 0.256 e. The third-order valence-electron chi connectivity index (χ3n) is 5.28. The Morgan fingerprint density at radius 3 is 2.62 bits per heavy atom. The van der Waals surface area contributed by atoms with Gasteiger partial charge in [-0.15, -0.1) is 0 Å². The Morgan fingerprint density at radius 2 is 1.85 bits per heavy atom. The first-order valence-electron chi connectivity index (χ1n) is 10.4. The van der Waals surface area contributed by atoms with E-state index >= 15 is 0 Å². The van der Waals surface area contributed by atoms with Gasteiger partial charge >= 0.3 is 0 Å². The summed E-state index contributed by atoms with van der Waals surface area (Å²) in [7, 11) is 0. The van der Waals surface area contributed by atoms with Crippen LogP contribution in [-0.2, 0) is 4.79 Å². The Kier molecular flexibility index (Phi) is 7.12. The van der Waals surface area contributed by atoms with Gasteiger partial charge in [-0.25, -0.2) is 4.39 Å². The van der Waals surface area contributed by atoms with Crippen LogP contribution < -0.4 is 16.4 Å². The molecule has 0 bridgehead atoms. The lowest BCUT2D eigenvalue weighted by Crippen LogP contribution is -2.24. The predicted molar refractivity (Wildman–Crippen MR) is 132 cm³/mol. The largest absolute Gasteiger partial charge is 0.330 e. The molecule has 0 saturated heterocycles. The number of fused-ring (bicyclic) bond motifs is 1. The molecule has 0 radical (unpaired) electrons. The minimum absolute atomic E-state index is 0.0628. The van der Waals surface area contributed by atoms with E-state index in [9.17, 15) is 14.0 Å². The number of aromatic amines is 1. The molecule has 34 heavy (non-hydrogen) atoms. The van der Waals surface area contributed by atoms with Crippen LogP contribution in [-0.4, -0.2) is 28.6 Å². The highest BCUT2D eigenvalue weighted by Crippen LogP contribution is 2.30. The Labute approximate surface area is 204 Å². The van der Waals surface area contributed by atoms with E-state index < -0.39 is 17.6 Å². The number of benzene rings is 3. The SMILES string of the molecule is NCCC(C(=O)Nc1ccc2[nH]nc(NC(=O)c3cccc(Cl)c3)c2c1)c1cccc(Cl)c1F. The van der Waals surface area contributed by atoms with Gasteiger partial charge in [-0.3, -0.25) is 14.7 Å². The van der Waals surface area contributed by atoms with Gasteiger partial charge in [0, 0.05) is 27.2 Å². The smallest absolute Gasteiger partial charge is 0.256 e. The molecule has 3 aromatic carbocycles. The van der Waals surface area contributed by atoms with Gasteiger partial charge in [0.15, 0.2) is 5.82 Å². The fraction of sp³-hybridized carbons (Fsp3) is 0.125. The van der Waals surface area contributed by atoms with Crippen molar-refractivity contribution >= 4 is 57.4 Å². The van der Waals surface area contributed by atoms with Gasteiger partial charge in [-0.1, -0.05) is 41.4 Å². The molecule has 0 spiro atoms. The number of nitrogens with zero attached hydrogens (tertiary/aromatic N) is 1. The lowest BCUT2D eigenvalue weighted by molar-refractivity contribution is -0.117. The van der Waals surface area contributed by atoms with Crippen LogP contribution in [0.25, 0.3) is 10.9 Å². The molecule has 0 aliphatic carbocycles. The third-order valence-corrected chi connectivity index (χ3v) is 5.80. The zero-order chi connectivity index (χ0) is 24.2. The average Bonchev–Trinajstić information content (AvgIpc) is 3.21. The molecule has 0 aliphatic rings. The van der Waals surface area contributed by atoms with Crippen molar-refractivity contribution in [3.63, 3.8) is 0 Å². The highest BCUT2D eigenvalue weighted by molar-refractivity contribution is 6.31. The molecule has 1 heterocycles. The molecule has 1 unspecified atom stereocenters. The minimum atomic E-state index is -0.828. The number of nitrogens with two attached hydrogens (primary N) is 1. The summed E-state index contributed by atoms with van der Waals surface area (Å²) >= 11 is 11.9. The van der Waals surface area contributed by atoms with Crippen molar-refractivity contribution in [3.8, 4) is 0 Å². The van der Waals surface area contributed by atoms with Crippen molar-refractivity contribution in [3.05, 3.63) is 87.7 Å². The number of halogens is 3. The fourth-order valence-corrected chi connectivity index (χ4v) is 3.98. The Bertz CT molecular complexity index is 1370. The minimum Gasteiger partial charge on any atom is -0.330 e. The van der Waals surface area contributed by atoms with E-state index in [1.807, 2.05) is 0 Å². The highest BCUT2D eigenvalue weighted by atomic mass is 35.5. The molecule has 10 heteroatoms. The van der Waals surface area contributed by atoms with Gasteiger partial charge in [0.2, 0.25) is 5.91 Å². The van der Waals surface area contributed by atoms with Crippen LogP contribution in [0, 0.1) is 5.82 Å². The van der Waals surface area contributed by atoms with E-state index in [1.165, 1.54) is 12.1 Å². The molecule has 4 rings (SSSR count). The van der Waals surface area contributed by atoms with Crippen molar-refractivity contribution in [1.29, 1.82) is 0 Å². The second-order valence-corrected chi connectivity index (χ2v) is 8.40. The van der Waals surface area contributed by atoms with Crippen LogP contribution >= 0.6 is 23.2 Å². The second kappa shape index (κ2) is 10.2. The zero-order valence-electron chi connectivity index (χ0n) is 17.7. The van der Waals surface area contributed by atoms with Gasteiger partial charge in [0.1, 0.15) is 5.82 Å². The molecule has 0 fully saturated rings. The Morgan fingerprint density at radius 1 is 1.06 bits per heavy atom. The molecular weight excluding hydrogens is 480 g/mol. The van der Waals surface area contributed by atoms with E-state index in [4.69, 9.17) is 28.9 Å². The van der Waals surface area contributed by atoms with Crippen LogP contribution in [0.2, 0.25) is 10.0 Å². The van der Waals surface area contributed by atoms with Crippen LogP contribution in [0.4, 0.5) is 15.9 Å². The summed E-state index contributed by atoms with van der Waals surface area (Å²) in [5.41, 5.74) is 7.32. The fourth-order valence-electron chi connectivity index (χ4n) is 3.61. The lowest BCUT2D eigenvalue weighted by atomic mass is 9.94. The number of carbonyl (C=O) groups is 2. The van der Waals surface area contributed by atoms with Gasteiger partial charge in [-0.2, -0.15) is 5.10 Å². The molecular formula is C24H20Cl2FN5O2. The highest BCUT2D eigenvalue weighted by Gasteiger charge is 2.24. The lowest BCUT2D eigenvalue weighted by Gasteiger charge is -2.18. The monoisotopic (exact) mass is 499 g/mol. The van der Waals surface area contributed by atoms with Gasteiger partial charge in [-0.05, 0) is 55.4 Å². The maximum atomic E-state index is 14.6. The van der Waals surface area contributed by atoms with E-state index in [0.717, 1.165) is 0 Å². The molecule has 2 amide bonds. The molecule has 5 N–H and O–H groups in total. The van der Waals surface area contributed by atoms with Gasteiger partial charge in [0.05, 0.1) is 16.5 Å². The van der Waals surface area contributed by atoms with Crippen LogP contribution in [0.5, 0.6) is 0 Å². The second-order valence-electron chi connectivity index (χ2n) is 7.56. The molecule has 0 saturated carbocycles. The summed E-state index contributed by atoms with van der Waals surface area (Å²) in [5, 5.41) is 13.5. The van der Waals surface area contributed by atoms with Gasteiger partial charge in [0.25, 0.3) is 5.91 Å².